The summed E-state index contributed by atoms with van der Waals surface area (Å²) in [6.45, 7) is 3.35. The van der Waals surface area contributed by atoms with Crippen LogP contribution in [0.1, 0.15) is 18.4 Å². The quantitative estimate of drug-likeness (QED) is 0.556. The van der Waals surface area contributed by atoms with E-state index < -0.39 is 0 Å². The molecule has 126 valence electrons. The van der Waals surface area contributed by atoms with Crippen LogP contribution in [0, 0.1) is 6.92 Å². The molecule has 0 radical (unpaired) electrons. The van der Waals surface area contributed by atoms with Crippen LogP contribution in [-0.2, 0) is 4.79 Å². The second-order valence-electron chi connectivity index (χ2n) is 5.66. The average molecular weight is 391 g/mol. The standard InChI is InChI=1S/C18H19BrN2O3/c1-13-4-6-14(7-5-13)23-11-3-2-10-21-17(22)12-24-15-8-9-16(19)20-18(15)21/h4-9H,2-3,10-12H2,1H3. The van der Waals surface area contributed by atoms with Crippen LogP contribution < -0.4 is 14.4 Å². The molecule has 0 aliphatic carbocycles. The van der Waals surface area contributed by atoms with E-state index in [0.717, 1.165) is 18.6 Å². The molecule has 2 heterocycles. The fourth-order valence-electron chi connectivity index (χ4n) is 2.48. The Hall–Kier alpha value is -2.08. The Morgan fingerprint density at radius 1 is 1.21 bits per heavy atom. The number of halogens is 1. The van der Waals surface area contributed by atoms with Crippen molar-refractivity contribution >= 4 is 27.7 Å². The Balaban J connectivity index is 1.50. The second-order valence-corrected chi connectivity index (χ2v) is 6.47. The van der Waals surface area contributed by atoms with Crippen molar-refractivity contribution in [3.05, 3.63) is 46.6 Å². The van der Waals surface area contributed by atoms with Crippen molar-refractivity contribution in [2.45, 2.75) is 19.8 Å². The number of anilines is 1. The van der Waals surface area contributed by atoms with Crippen molar-refractivity contribution in [2.75, 3.05) is 24.7 Å². The molecule has 0 saturated heterocycles. The number of hydrogen-bond donors (Lipinski definition) is 0. The Bertz CT molecular complexity index is 719. The molecule has 1 aliphatic heterocycles. The molecule has 1 aromatic heterocycles. The van der Waals surface area contributed by atoms with Crippen molar-refractivity contribution < 1.29 is 14.3 Å². The van der Waals surface area contributed by atoms with Gasteiger partial charge in [0.1, 0.15) is 10.4 Å². The van der Waals surface area contributed by atoms with E-state index in [1.807, 2.05) is 43.3 Å². The molecule has 3 rings (SSSR count). The SMILES string of the molecule is Cc1ccc(OCCCCN2C(=O)COc3ccc(Br)nc32)cc1. The lowest BCUT2D eigenvalue weighted by atomic mass is 10.2. The minimum atomic E-state index is -0.0625. The number of pyridine rings is 1. The molecule has 1 amide bonds. The molecule has 0 fully saturated rings. The fourth-order valence-corrected chi connectivity index (χ4v) is 2.78. The molecule has 0 N–H and O–H groups in total. The maximum Gasteiger partial charge on any atom is 0.266 e. The van der Waals surface area contributed by atoms with Crippen molar-refractivity contribution in [3.8, 4) is 11.5 Å². The number of nitrogens with zero attached hydrogens (tertiary/aromatic N) is 2. The zero-order valence-corrected chi connectivity index (χ0v) is 15.1. The van der Waals surface area contributed by atoms with Gasteiger partial charge < -0.3 is 9.47 Å². The molecule has 0 atom stereocenters. The predicted octanol–water partition coefficient (Wildman–Crippen LogP) is 3.74. The average Bonchev–Trinajstić information content (AvgIpc) is 2.58. The highest BCUT2D eigenvalue weighted by atomic mass is 79.9. The maximum absolute atomic E-state index is 12.1. The number of fused-ring (bicyclic) bond motifs is 1. The minimum Gasteiger partial charge on any atom is -0.494 e. The third-order valence-corrected chi connectivity index (χ3v) is 4.22. The van der Waals surface area contributed by atoms with Crippen molar-refractivity contribution in [3.63, 3.8) is 0 Å². The van der Waals surface area contributed by atoms with E-state index in [-0.39, 0.29) is 12.5 Å². The summed E-state index contributed by atoms with van der Waals surface area (Å²) in [4.78, 5) is 18.2. The number of aromatic nitrogens is 1. The summed E-state index contributed by atoms with van der Waals surface area (Å²) < 4.78 is 11.8. The largest absolute Gasteiger partial charge is 0.494 e. The molecule has 2 aromatic rings. The van der Waals surface area contributed by atoms with Crippen LogP contribution in [0.4, 0.5) is 5.82 Å². The van der Waals surface area contributed by atoms with E-state index in [1.54, 1.807) is 4.90 Å². The van der Waals surface area contributed by atoms with Gasteiger partial charge in [-0.3, -0.25) is 9.69 Å². The van der Waals surface area contributed by atoms with Crippen molar-refractivity contribution in [1.82, 2.24) is 4.98 Å². The van der Waals surface area contributed by atoms with Gasteiger partial charge in [-0.05, 0) is 60.0 Å². The molecule has 0 saturated carbocycles. The van der Waals surface area contributed by atoms with Crippen LogP contribution >= 0.6 is 15.9 Å². The third-order valence-electron chi connectivity index (χ3n) is 3.78. The van der Waals surface area contributed by atoms with Gasteiger partial charge in [0.15, 0.2) is 18.2 Å². The number of hydrogen-bond acceptors (Lipinski definition) is 4. The van der Waals surface area contributed by atoms with E-state index in [1.165, 1.54) is 5.56 Å². The van der Waals surface area contributed by atoms with Crippen molar-refractivity contribution in [2.24, 2.45) is 0 Å². The second kappa shape index (κ2) is 7.66. The highest BCUT2D eigenvalue weighted by molar-refractivity contribution is 9.10. The molecule has 1 aromatic carbocycles. The number of carbonyl (C=O) groups excluding carboxylic acids is 1. The Labute approximate surface area is 149 Å². The first-order valence-corrected chi connectivity index (χ1v) is 8.72. The Morgan fingerprint density at radius 3 is 2.79 bits per heavy atom. The van der Waals surface area contributed by atoms with Gasteiger partial charge >= 0.3 is 0 Å². The van der Waals surface area contributed by atoms with E-state index in [4.69, 9.17) is 9.47 Å². The number of ether oxygens (including phenoxy) is 2. The van der Waals surface area contributed by atoms with Gasteiger partial charge in [-0.15, -0.1) is 0 Å². The maximum atomic E-state index is 12.1. The first kappa shape index (κ1) is 16.8. The smallest absolute Gasteiger partial charge is 0.266 e. The van der Waals surface area contributed by atoms with Crippen LogP contribution in [-0.4, -0.2) is 30.6 Å². The Kier molecular flexibility index (Phi) is 5.35. The van der Waals surface area contributed by atoms with Crippen LogP contribution in [0.25, 0.3) is 0 Å². The lowest BCUT2D eigenvalue weighted by Gasteiger charge is -2.28. The molecule has 24 heavy (non-hydrogen) atoms. The minimum absolute atomic E-state index is 0.0625. The molecule has 0 bridgehead atoms. The highest BCUT2D eigenvalue weighted by Crippen LogP contribution is 2.31. The topological polar surface area (TPSA) is 51.7 Å². The first-order valence-electron chi connectivity index (χ1n) is 7.92. The molecule has 5 nitrogen and oxygen atoms in total. The monoisotopic (exact) mass is 390 g/mol. The number of unbranched alkanes of at least 4 members (excludes halogenated alkanes) is 1. The van der Waals surface area contributed by atoms with Crippen LogP contribution in [0.15, 0.2) is 41.0 Å². The number of carbonyl (C=O) groups is 1. The molecule has 0 unspecified atom stereocenters. The lowest BCUT2D eigenvalue weighted by Crippen LogP contribution is -2.40. The summed E-state index contributed by atoms with van der Waals surface area (Å²) in [7, 11) is 0. The summed E-state index contributed by atoms with van der Waals surface area (Å²) in [5.74, 6) is 2.04. The van der Waals surface area contributed by atoms with E-state index in [2.05, 4.69) is 20.9 Å². The van der Waals surface area contributed by atoms with Crippen LogP contribution in [0.5, 0.6) is 11.5 Å². The summed E-state index contributed by atoms with van der Waals surface area (Å²) in [6, 6.07) is 11.6. The number of aryl methyl sites for hydroxylation is 1. The van der Waals surface area contributed by atoms with E-state index >= 15 is 0 Å². The molecular formula is C18H19BrN2O3. The van der Waals surface area contributed by atoms with Gasteiger partial charge in [0, 0.05) is 6.54 Å². The molecule has 1 aliphatic rings. The van der Waals surface area contributed by atoms with Crippen LogP contribution in [0.2, 0.25) is 0 Å². The van der Waals surface area contributed by atoms with Gasteiger partial charge in [0.25, 0.3) is 5.91 Å². The van der Waals surface area contributed by atoms with E-state index in [0.29, 0.717) is 29.3 Å². The van der Waals surface area contributed by atoms with Crippen molar-refractivity contribution in [1.29, 1.82) is 0 Å². The zero-order chi connectivity index (χ0) is 16.9. The summed E-state index contributed by atoms with van der Waals surface area (Å²) >= 11 is 3.34. The zero-order valence-electron chi connectivity index (χ0n) is 13.5. The van der Waals surface area contributed by atoms with E-state index in [9.17, 15) is 4.79 Å². The van der Waals surface area contributed by atoms with Gasteiger partial charge in [-0.25, -0.2) is 4.98 Å². The number of rotatable bonds is 6. The highest BCUT2D eigenvalue weighted by Gasteiger charge is 2.26. The molecular weight excluding hydrogens is 372 g/mol. The first-order chi connectivity index (χ1) is 11.6. The van der Waals surface area contributed by atoms with Gasteiger partial charge in [-0.1, -0.05) is 17.7 Å². The number of amides is 1. The molecule has 0 spiro atoms. The lowest BCUT2D eigenvalue weighted by molar-refractivity contribution is -0.121. The predicted molar refractivity (Wildman–Crippen MR) is 95.7 cm³/mol. The Morgan fingerprint density at radius 2 is 2.00 bits per heavy atom. The van der Waals surface area contributed by atoms with Crippen LogP contribution in [0.3, 0.4) is 0 Å². The molecule has 6 heteroatoms. The van der Waals surface area contributed by atoms with Gasteiger partial charge in [0.05, 0.1) is 6.61 Å². The van der Waals surface area contributed by atoms with Gasteiger partial charge in [0.2, 0.25) is 0 Å². The summed E-state index contributed by atoms with van der Waals surface area (Å²) in [6.07, 6.45) is 1.70. The third kappa shape index (κ3) is 4.06. The fraction of sp³-hybridized carbons (Fsp3) is 0.333. The normalized spacial score (nSPS) is 13.4. The summed E-state index contributed by atoms with van der Waals surface area (Å²) in [5.41, 5.74) is 1.21. The van der Waals surface area contributed by atoms with Gasteiger partial charge in [-0.2, -0.15) is 0 Å². The summed E-state index contributed by atoms with van der Waals surface area (Å²) in [5, 5.41) is 0. The number of benzene rings is 1.